The molecule has 0 bridgehead atoms. The largest absolute Gasteiger partial charge is 0.487 e. The number of rotatable bonds is 10. The number of Topliss-reactive ketones (excluding diaryl/α,β-unsaturated/α-hetero) is 1. The van der Waals surface area contributed by atoms with E-state index in [0.717, 1.165) is 54.6 Å². The summed E-state index contributed by atoms with van der Waals surface area (Å²) in [5, 5.41) is 7.17. The van der Waals surface area contributed by atoms with Crippen LogP contribution in [0.1, 0.15) is 56.2 Å². The van der Waals surface area contributed by atoms with Crippen molar-refractivity contribution in [1.29, 1.82) is 0 Å². The van der Waals surface area contributed by atoms with Gasteiger partial charge in [0.05, 0.1) is 28.7 Å². The van der Waals surface area contributed by atoms with Gasteiger partial charge in [0, 0.05) is 29.6 Å². The topological polar surface area (TPSA) is 79.9 Å². The van der Waals surface area contributed by atoms with E-state index in [1.165, 1.54) is 36.4 Å². The molecular weight excluding hydrogens is 887 g/mol. The summed E-state index contributed by atoms with van der Waals surface area (Å²) < 4.78 is 88.7. The molecule has 0 unspecified atom stereocenters. The van der Waals surface area contributed by atoms with Crippen molar-refractivity contribution in [3.05, 3.63) is 124 Å². The molecule has 0 spiro atoms. The van der Waals surface area contributed by atoms with Crippen molar-refractivity contribution in [2.24, 2.45) is 0 Å². The summed E-state index contributed by atoms with van der Waals surface area (Å²) in [4.78, 5) is 25.2. The molecule has 320 valence electrons. The molecule has 2 saturated heterocycles. The Morgan fingerprint density at radius 2 is 1.17 bits per heavy atom. The molecule has 2 heterocycles. The van der Waals surface area contributed by atoms with Crippen molar-refractivity contribution < 1.29 is 45.4 Å². The Kier molecular flexibility index (Phi) is 17.5. The van der Waals surface area contributed by atoms with Crippen molar-refractivity contribution in [1.82, 2.24) is 10.2 Å². The second kappa shape index (κ2) is 21.6. The maximum absolute atomic E-state index is 13.1. The van der Waals surface area contributed by atoms with E-state index in [9.17, 15) is 35.9 Å². The van der Waals surface area contributed by atoms with Crippen LogP contribution in [0.15, 0.2) is 97.1 Å². The number of anilines is 1. The average molecular weight is 934 g/mol. The molecule has 1 amide bonds. The number of ether oxygens (including phenoxy) is 2. The molecule has 0 radical (unpaired) electrons. The fraction of sp³-hybridized carbons (Fsp3) is 0.395. The predicted octanol–water partition coefficient (Wildman–Crippen LogP) is 11.3. The highest BCUT2D eigenvalue weighted by molar-refractivity contribution is 9.09. The molecule has 0 atom stereocenters. The Balaban J connectivity index is 0.000000215. The minimum absolute atomic E-state index is 0.0226. The van der Waals surface area contributed by atoms with Gasteiger partial charge in [-0.05, 0) is 125 Å². The third-order valence-electron chi connectivity index (χ3n) is 9.66. The van der Waals surface area contributed by atoms with E-state index in [1.807, 2.05) is 48.2 Å². The molecule has 6 rings (SSSR count). The van der Waals surface area contributed by atoms with Gasteiger partial charge in [0.2, 0.25) is 5.91 Å². The van der Waals surface area contributed by atoms with Gasteiger partial charge in [0.25, 0.3) is 0 Å². The number of nitrogens with one attached hydrogen (secondary N) is 2. The van der Waals surface area contributed by atoms with Crippen LogP contribution in [0.4, 0.5) is 32.0 Å². The zero-order valence-corrected chi connectivity index (χ0v) is 35.6. The fourth-order valence-electron chi connectivity index (χ4n) is 6.36. The molecule has 16 heteroatoms. The smallest absolute Gasteiger partial charge is 0.418 e. The van der Waals surface area contributed by atoms with Gasteiger partial charge in [-0.2, -0.15) is 26.3 Å². The monoisotopic (exact) mass is 931 g/mol. The molecule has 2 aliphatic heterocycles. The number of nitrogens with zero attached hydrogens (tertiary/aromatic N) is 1. The first kappa shape index (κ1) is 47.9. The Morgan fingerprint density at radius 1 is 0.712 bits per heavy atom. The molecule has 4 aromatic rings. The second-order valence-corrected chi connectivity index (χ2v) is 16.1. The van der Waals surface area contributed by atoms with Crippen molar-refractivity contribution in [3.8, 4) is 11.5 Å². The summed E-state index contributed by atoms with van der Waals surface area (Å²) in [6, 6.07) is 24.8. The quantitative estimate of drug-likeness (QED) is 0.122. The van der Waals surface area contributed by atoms with Gasteiger partial charge in [0.1, 0.15) is 28.5 Å². The Morgan fingerprint density at radius 3 is 1.66 bits per heavy atom. The van der Waals surface area contributed by atoms with Crippen molar-refractivity contribution in [3.63, 3.8) is 0 Å². The molecule has 4 aromatic carbocycles. The summed E-state index contributed by atoms with van der Waals surface area (Å²) in [6.07, 6.45) is -5.62. The van der Waals surface area contributed by atoms with Crippen LogP contribution in [-0.2, 0) is 28.4 Å². The van der Waals surface area contributed by atoms with Gasteiger partial charge in [-0.25, -0.2) is 0 Å². The lowest BCUT2D eigenvalue weighted by atomic mass is 9.93. The van der Waals surface area contributed by atoms with Gasteiger partial charge in [-0.3, -0.25) is 14.5 Å². The molecule has 59 heavy (non-hydrogen) atoms. The molecule has 7 nitrogen and oxygen atoms in total. The number of carbonyl (C=O) groups excluding carboxylic acids is 2. The number of ketones is 1. The Bertz CT molecular complexity index is 1950. The molecule has 0 aromatic heterocycles. The summed E-state index contributed by atoms with van der Waals surface area (Å²) in [7, 11) is 0. The van der Waals surface area contributed by atoms with Crippen LogP contribution in [0.3, 0.4) is 0 Å². The number of piperidine rings is 2. The zero-order chi connectivity index (χ0) is 43.3. The maximum atomic E-state index is 13.1. The predicted molar refractivity (Wildman–Crippen MR) is 223 cm³/mol. The van der Waals surface area contributed by atoms with E-state index in [1.54, 1.807) is 12.1 Å². The van der Waals surface area contributed by atoms with Crippen LogP contribution in [-0.4, -0.2) is 65.8 Å². The minimum atomic E-state index is -4.52. The number of hydrogen-bond acceptors (Lipinski definition) is 6. The van der Waals surface area contributed by atoms with Crippen LogP contribution in [0.25, 0.3) is 0 Å². The van der Waals surface area contributed by atoms with Crippen molar-refractivity contribution >= 4 is 56.5 Å². The molecule has 0 saturated carbocycles. The number of carbonyl (C=O) groups is 2. The second-order valence-electron chi connectivity index (χ2n) is 14.6. The zero-order valence-electron chi connectivity index (χ0n) is 32.5. The molecule has 2 fully saturated rings. The van der Waals surface area contributed by atoms with E-state index in [0.29, 0.717) is 31.0 Å². The van der Waals surface area contributed by atoms with E-state index < -0.39 is 29.4 Å². The van der Waals surface area contributed by atoms with Crippen LogP contribution in [0.2, 0.25) is 10.0 Å². The van der Waals surface area contributed by atoms with E-state index in [-0.39, 0.29) is 46.5 Å². The summed E-state index contributed by atoms with van der Waals surface area (Å²) in [5.41, 5.74) is -2.19. The highest BCUT2D eigenvalue weighted by Crippen LogP contribution is 2.35. The first-order valence-electron chi connectivity index (χ1n) is 18.8. The molecule has 2 N–H and O–H groups in total. The third-order valence-corrected chi connectivity index (χ3v) is 10.8. The van der Waals surface area contributed by atoms with Crippen molar-refractivity contribution in [2.45, 2.75) is 69.5 Å². The highest BCUT2D eigenvalue weighted by Gasteiger charge is 2.36. The fourth-order valence-corrected chi connectivity index (χ4v) is 6.81. The van der Waals surface area contributed by atoms with Gasteiger partial charge in [-0.1, -0.05) is 69.5 Å². The van der Waals surface area contributed by atoms with Gasteiger partial charge in [-0.15, -0.1) is 0 Å². The lowest BCUT2D eigenvalue weighted by Gasteiger charge is -2.39. The first-order chi connectivity index (χ1) is 27.8. The standard InChI is InChI=1S/C21H22ClF3N2O2.C12H16ClNO.C10H8BrF3O/c1-20(29-16-8-6-15(22)7-9-16)10-12-27(13-11-20)14-19(28)26-18-5-3-2-4-17(18)21(23,24)25;1-12(6-8-14-9-7-12)15-11-4-2-10(13)3-5-11;11-6-8(15)5-7-3-1-2-4-9(7)10(12,13)14/h2-9H,10-14H2,1H3,(H,26,28);2-5,14H,6-9H2,1H3;1-4H,5-6H2. The lowest BCUT2D eigenvalue weighted by Crippen LogP contribution is -2.48. The number of amides is 1. The lowest BCUT2D eigenvalue weighted by molar-refractivity contribution is -0.138. The van der Waals surface area contributed by atoms with Crippen molar-refractivity contribution in [2.75, 3.05) is 43.4 Å². The SMILES string of the molecule is CC1(Oc2ccc(Cl)cc2)CCN(CC(=O)Nc2ccccc2C(F)(F)F)CC1.CC1(Oc2ccc(Cl)cc2)CCNCC1.O=C(CBr)Cc1ccccc1C(F)(F)F. The number of halogens is 9. The number of para-hydroxylation sites is 1. The Labute approximate surface area is 358 Å². The van der Waals surface area contributed by atoms with E-state index in [4.69, 9.17) is 32.7 Å². The minimum Gasteiger partial charge on any atom is -0.487 e. The normalized spacial score (nSPS) is 16.3. The van der Waals surface area contributed by atoms with Gasteiger partial charge < -0.3 is 20.1 Å². The summed E-state index contributed by atoms with van der Waals surface area (Å²) in [5.74, 6) is 0.895. The number of alkyl halides is 7. The molecular formula is C43H46BrCl2F6N3O4. The Hall–Kier alpha value is -3.82. The maximum Gasteiger partial charge on any atom is 0.418 e. The number of hydrogen-bond donors (Lipinski definition) is 2. The van der Waals surface area contributed by atoms with Gasteiger partial charge in [0.15, 0.2) is 0 Å². The van der Waals surface area contributed by atoms with Gasteiger partial charge >= 0.3 is 12.4 Å². The summed E-state index contributed by atoms with van der Waals surface area (Å²) >= 11 is 14.6. The van der Waals surface area contributed by atoms with Crippen LogP contribution < -0.4 is 20.1 Å². The third kappa shape index (κ3) is 15.9. The van der Waals surface area contributed by atoms with Crippen LogP contribution >= 0.6 is 39.1 Å². The number of benzene rings is 4. The van der Waals surface area contributed by atoms with Crippen LogP contribution in [0, 0.1) is 0 Å². The highest BCUT2D eigenvalue weighted by atomic mass is 79.9. The molecule has 0 aliphatic carbocycles. The number of likely N-dealkylation sites (tertiary alicyclic amines) is 1. The van der Waals surface area contributed by atoms with E-state index in [2.05, 4.69) is 33.5 Å². The van der Waals surface area contributed by atoms with E-state index >= 15 is 0 Å². The molecule has 2 aliphatic rings. The average Bonchev–Trinajstić information content (AvgIpc) is 3.18. The summed E-state index contributed by atoms with van der Waals surface area (Å²) in [6.45, 7) is 7.50. The first-order valence-corrected chi connectivity index (χ1v) is 20.7. The van der Waals surface area contributed by atoms with Crippen LogP contribution in [0.5, 0.6) is 11.5 Å².